The minimum atomic E-state index is 0.304. The molecule has 1 nitrogen and oxygen atoms in total. The summed E-state index contributed by atoms with van der Waals surface area (Å²) in [5.41, 5.74) is 2.21. The van der Waals surface area contributed by atoms with Crippen LogP contribution in [-0.2, 0) is 4.79 Å². The molecule has 0 N–H and O–H groups in total. The highest BCUT2D eigenvalue weighted by Crippen LogP contribution is 2.24. The molecule has 0 atom stereocenters. The fourth-order valence-corrected chi connectivity index (χ4v) is 1.37. The topological polar surface area (TPSA) is 17.1 Å². The molecule has 0 fully saturated rings. The molecule has 1 aliphatic carbocycles. The Labute approximate surface area is 73.9 Å². The number of hydrogen-bond acceptors (Lipinski definition) is 1. The van der Waals surface area contributed by atoms with Gasteiger partial charge in [0.25, 0.3) is 0 Å². The molecule has 0 saturated heterocycles. The van der Waals surface area contributed by atoms with Gasteiger partial charge in [-0.25, -0.2) is 0 Å². The summed E-state index contributed by atoms with van der Waals surface area (Å²) in [6.07, 6.45) is 3.19. The summed E-state index contributed by atoms with van der Waals surface area (Å²) in [5.74, 6) is 6.29. The number of carbonyl (C=O) groups excluding carboxylic acids is 1. The smallest absolute Gasteiger partial charge is 0.160 e. The summed E-state index contributed by atoms with van der Waals surface area (Å²) in [6, 6.07) is 0. The molecule has 12 heavy (non-hydrogen) atoms. The van der Waals surface area contributed by atoms with Crippen molar-refractivity contribution in [3.8, 4) is 11.8 Å². The number of rotatable bonds is 1. The van der Waals surface area contributed by atoms with Crippen molar-refractivity contribution in [2.75, 3.05) is 0 Å². The van der Waals surface area contributed by atoms with Crippen LogP contribution in [0.15, 0.2) is 11.1 Å². The Morgan fingerprint density at radius 3 is 2.58 bits per heavy atom. The Bertz CT molecular complexity index is 273. The molecule has 0 aromatic heterocycles. The van der Waals surface area contributed by atoms with Gasteiger partial charge in [-0.1, -0.05) is 18.4 Å². The highest BCUT2D eigenvalue weighted by Gasteiger charge is 2.18. The molecule has 0 unspecified atom stereocenters. The molecule has 0 heterocycles. The molecular formula is C11H14O. The molecule has 0 aliphatic heterocycles. The molecule has 0 saturated carbocycles. The third-order valence-electron chi connectivity index (χ3n) is 2.15. The van der Waals surface area contributed by atoms with Gasteiger partial charge in [0.1, 0.15) is 0 Å². The number of ketones is 1. The van der Waals surface area contributed by atoms with E-state index < -0.39 is 0 Å². The van der Waals surface area contributed by atoms with Crippen LogP contribution in [0.4, 0.5) is 0 Å². The Morgan fingerprint density at radius 1 is 1.33 bits per heavy atom. The van der Waals surface area contributed by atoms with Crippen LogP contribution in [0.2, 0.25) is 0 Å². The first kappa shape index (κ1) is 9.06. The first-order chi connectivity index (χ1) is 5.75. The van der Waals surface area contributed by atoms with Gasteiger partial charge in [-0.15, -0.1) is 5.92 Å². The Balaban J connectivity index is 2.61. The van der Waals surface area contributed by atoms with Crippen molar-refractivity contribution in [2.45, 2.75) is 39.5 Å². The van der Waals surface area contributed by atoms with Crippen molar-refractivity contribution in [1.29, 1.82) is 0 Å². The minimum absolute atomic E-state index is 0.304. The zero-order valence-corrected chi connectivity index (χ0v) is 7.74. The van der Waals surface area contributed by atoms with E-state index in [0.29, 0.717) is 18.6 Å². The van der Waals surface area contributed by atoms with E-state index in [1.54, 1.807) is 0 Å². The van der Waals surface area contributed by atoms with Crippen LogP contribution in [-0.4, -0.2) is 5.78 Å². The zero-order chi connectivity index (χ0) is 8.97. The lowest BCUT2D eigenvalue weighted by atomic mass is 10.1. The van der Waals surface area contributed by atoms with Crippen LogP contribution in [0.3, 0.4) is 0 Å². The summed E-state index contributed by atoms with van der Waals surface area (Å²) in [4.78, 5) is 11.3. The van der Waals surface area contributed by atoms with Gasteiger partial charge in [0.2, 0.25) is 0 Å². The molecule has 0 aromatic carbocycles. The quantitative estimate of drug-likeness (QED) is 0.541. The maximum atomic E-state index is 11.3. The number of carbonyl (C=O) groups is 1. The van der Waals surface area contributed by atoms with Gasteiger partial charge in [-0.2, -0.15) is 0 Å². The van der Waals surface area contributed by atoms with Crippen LogP contribution < -0.4 is 0 Å². The average Bonchev–Trinajstić information content (AvgIpc) is 2.35. The predicted octanol–water partition coefficient (Wildman–Crippen LogP) is 2.47. The van der Waals surface area contributed by atoms with E-state index >= 15 is 0 Å². The molecule has 0 spiro atoms. The summed E-state index contributed by atoms with van der Waals surface area (Å²) < 4.78 is 0. The first-order valence-corrected chi connectivity index (χ1v) is 4.43. The summed E-state index contributed by atoms with van der Waals surface area (Å²) in [5, 5.41) is 0. The standard InChI is InChI=1S/C11H14O/c1-3-4-5-6-10-9(2)7-8-11(10)12/h3,6-8H2,1-2H3. The minimum Gasteiger partial charge on any atom is -0.295 e. The summed E-state index contributed by atoms with van der Waals surface area (Å²) >= 11 is 0. The molecular weight excluding hydrogens is 148 g/mol. The first-order valence-electron chi connectivity index (χ1n) is 4.43. The molecule has 1 rings (SSSR count). The SMILES string of the molecule is CCC#CCC1=C(C)CCC1=O. The lowest BCUT2D eigenvalue weighted by Crippen LogP contribution is -1.94. The highest BCUT2D eigenvalue weighted by molar-refractivity contribution is 5.98. The van der Waals surface area contributed by atoms with Gasteiger partial charge in [-0.3, -0.25) is 4.79 Å². The largest absolute Gasteiger partial charge is 0.295 e. The monoisotopic (exact) mass is 162 g/mol. The third kappa shape index (κ3) is 1.98. The fraction of sp³-hybridized carbons (Fsp3) is 0.545. The lowest BCUT2D eigenvalue weighted by molar-refractivity contribution is -0.114. The Morgan fingerprint density at radius 2 is 2.08 bits per heavy atom. The lowest BCUT2D eigenvalue weighted by Gasteiger charge is -1.94. The van der Waals surface area contributed by atoms with Crippen LogP contribution in [0.5, 0.6) is 0 Å². The van der Waals surface area contributed by atoms with E-state index in [0.717, 1.165) is 18.4 Å². The second kappa shape index (κ2) is 4.11. The van der Waals surface area contributed by atoms with E-state index in [4.69, 9.17) is 0 Å². The zero-order valence-electron chi connectivity index (χ0n) is 7.74. The van der Waals surface area contributed by atoms with Gasteiger partial charge < -0.3 is 0 Å². The van der Waals surface area contributed by atoms with Gasteiger partial charge >= 0.3 is 0 Å². The number of Topliss-reactive ketones (excluding diaryl/α,β-unsaturated/α-hetero) is 1. The van der Waals surface area contributed by atoms with Crippen molar-refractivity contribution >= 4 is 5.78 Å². The van der Waals surface area contributed by atoms with Crippen molar-refractivity contribution in [3.63, 3.8) is 0 Å². The van der Waals surface area contributed by atoms with Crippen molar-refractivity contribution in [1.82, 2.24) is 0 Å². The van der Waals surface area contributed by atoms with E-state index in [2.05, 4.69) is 11.8 Å². The third-order valence-corrected chi connectivity index (χ3v) is 2.15. The van der Waals surface area contributed by atoms with Crippen LogP contribution >= 0.6 is 0 Å². The van der Waals surface area contributed by atoms with Gasteiger partial charge in [0.05, 0.1) is 0 Å². The van der Waals surface area contributed by atoms with E-state index in [1.165, 1.54) is 5.57 Å². The van der Waals surface area contributed by atoms with Crippen LogP contribution in [0, 0.1) is 11.8 Å². The maximum absolute atomic E-state index is 11.3. The molecule has 64 valence electrons. The van der Waals surface area contributed by atoms with Crippen molar-refractivity contribution in [2.24, 2.45) is 0 Å². The summed E-state index contributed by atoms with van der Waals surface area (Å²) in [6.45, 7) is 4.05. The predicted molar refractivity (Wildman–Crippen MR) is 49.6 cm³/mol. The Hall–Kier alpha value is -1.03. The molecule has 1 heteroatoms. The number of hydrogen-bond donors (Lipinski definition) is 0. The normalized spacial score (nSPS) is 16.3. The molecule has 0 aromatic rings. The molecule has 1 aliphatic rings. The van der Waals surface area contributed by atoms with Crippen LogP contribution in [0.1, 0.15) is 39.5 Å². The molecule has 0 amide bonds. The molecule has 0 bridgehead atoms. The van der Waals surface area contributed by atoms with Crippen molar-refractivity contribution < 1.29 is 4.79 Å². The second-order valence-corrected chi connectivity index (χ2v) is 3.07. The van der Waals surface area contributed by atoms with E-state index in [-0.39, 0.29) is 0 Å². The van der Waals surface area contributed by atoms with Gasteiger partial charge in [0, 0.05) is 24.8 Å². The van der Waals surface area contributed by atoms with Crippen molar-refractivity contribution in [3.05, 3.63) is 11.1 Å². The Kier molecular flexibility index (Phi) is 3.10. The number of allylic oxidation sites excluding steroid dienone is 2. The van der Waals surface area contributed by atoms with Gasteiger partial charge in [0.15, 0.2) is 5.78 Å². The maximum Gasteiger partial charge on any atom is 0.160 e. The average molecular weight is 162 g/mol. The van der Waals surface area contributed by atoms with E-state index in [9.17, 15) is 4.79 Å². The van der Waals surface area contributed by atoms with Crippen LogP contribution in [0.25, 0.3) is 0 Å². The van der Waals surface area contributed by atoms with E-state index in [1.807, 2.05) is 13.8 Å². The second-order valence-electron chi connectivity index (χ2n) is 3.07. The molecule has 0 radical (unpaired) electrons. The highest BCUT2D eigenvalue weighted by atomic mass is 16.1. The fourth-order valence-electron chi connectivity index (χ4n) is 1.37. The van der Waals surface area contributed by atoms with Gasteiger partial charge in [-0.05, 0) is 13.3 Å². The summed E-state index contributed by atoms with van der Waals surface area (Å²) in [7, 11) is 0.